The van der Waals surface area contributed by atoms with Crippen LogP contribution in [0, 0.1) is 0 Å². The highest BCUT2D eigenvalue weighted by Gasteiger charge is 2.16. The average molecular weight is 286 g/mol. The van der Waals surface area contributed by atoms with E-state index in [1.807, 2.05) is 6.07 Å². The summed E-state index contributed by atoms with van der Waals surface area (Å²) in [6.45, 7) is 1.80. The molecule has 0 fully saturated rings. The second-order valence-corrected chi connectivity index (χ2v) is 3.89. The van der Waals surface area contributed by atoms with E-state index in [2.05, 4.69) is 20.9 Å². The molecule has 0 radical (unpaired) electrons. The lowest BCUT2D eigenvalue weighted by Crippen LogP contribution is -1.97. The number of aliphatic imine (C=N–C) groups is 1. The summed E-state index contributed by atoms with van der Waals surface area (Å²) in [5.41, 5.74) is 0.848. The van der Waals surface area contributed by atoms with E-state index in [-0.39, 0.29) is 6.04 Å². The lowest BCUT2D eigenvalue weighted by atomic mass is 10.1. The molecule has 0 aliphatic carbocycles. The van der Waals surface area contributed by atoms with Crippen molar-refractivity contribution >= 4 is 22.0 Å². The van der Waals surface area contributed by atoms with Gasteiger partial charge in [0, 0.05) is 0 Å². The summed E-state index contributed by atoms with van der Waals surface area (Å²) in [4.78, 5) is 13.9. The summed E-state index contributed by atoms with van der Waals surface area (Å²) in [5.74, 6) is 1.22. The molecule has 1 atom stereocenters. The highest BCUT2D eigenvalue weighted by Crippen LogP contribution is 2.40. The summed E-state index contributed by atoms with van der Waals surface area (Å²) in [6, 6.07) is 3.33. The van der Waals surface area contributed by atoms with Crippen LogP contribution in [0.5, 0.6) is 11.5 Å². The number of halogens is 1. The molecule has 0 saturated carbocycles. The van der Waals surface area contributed by atoms with Crippen LogP contribution in [0.3, 0.4) is 0 Å². The first-order valence-corrected chi connectivity index (χ1v) is 5.42. The van der Waals surface area contributed by atoms with Crippen molar-refractivity contribution in [3.8, 4) is 11.5 Å². The molecule has 0 saturated heterocycles. The largest absolute Gasteiger partial charge is 0.493 e. The smallest absolute Gasteiger partial charge is 0.235 e. The second-order valence-electron chi connectivity index (χ2n) is 3.10. The Morgan fingerprint density at radius 3 is 2.56 bits per heavy atom. The van der Waals surface area contributed by atoms with Gasteiger partial charge in [0.05, 0.1) is 24.7 Å². The first-order valence-electron chi connectivity index (χ1n) is 4.63. The summed E-state index contributed by atoms with van der Waals surface area (Å²) in [5, 5.41) is 0. The zero-order valence-electron chi connectivity index (χ0n) is 9.28. The number of hydrogen-bond acceptors (Lipinski definition) is 4. The molecule has 0 aliphatic heterocycles. The predicted octanol–water partition coefficient (Wildman–Crippen LogP) is 2.86. The fourth-order valence-corrected chi connectivity index (χ4v) is 2.20. The molecule has 0 spiro atoms. The maximum atomic E-state index is 10.2. The van der Waals surface area contributed by atoms with E-state index in [1.54, 1.807) is 33.3 Å². The molecular weight excluding hydrogens is 274 g/mol. The van der Waals surface area contributed by atoms with Crippen molar-refractivity contribution in [2.75, 3.05) is 14.2 Å². The van der Waals surface area contributed by atoms with Crippen molar-refractivity contribution in [1.82, 2.24) is 0 Å². The maximum Gasteiger partial charge on any atom is 0.235 e. The van der Waals surface area contributed by atoms with Crippen molar-refractivity contribution in [1.29, 1.82) is 0 Å². The van der Waals surface area contributed by atoms with E-state index < -0.39 is 0 Å². The lowest BCUT2D eigenvalue weighted by Gasteiger charge is -2.14. The Morgan fingerprint density at radius 2 is 2.06 bits per heavy atom. The third-order valence-corrected chi connectivity index (χ3v) is 3.03. The Labute approximate surface area is 102 Å². The zero-order valence-corrected chi connectivity index (χ0v) is 10.9. The number of methoxy groups -OCH3 is 2. The summed E-state index contributed by atoms with van der Waals surface area (Å²) in [6.07, 6.45) is 1.54. The van der Waals surface area contributed by atoms with Gasteiger partial charge in [0.2, 0.25) is 6.08 Å². The second kappa shape index (κ2) is 5.68. The number of hydrogen-bond donors (Lipinski definition) is 0. The van der Waals surface area contributed by atoms with Crippen LogP contribution in [0.4, 0.5) is 0 Å². The van der Waals surface area contributed by atoms with Gasteiger partial charge in [-0.3, -0.25) is 0 Å². The van der Waals surface area contributed by atoms with Crippen molar-refractivity contribution in [3.05, 3.63) is 22.2 Å². The van der Waals surface area contributed by atoms with Crippen LogP contribution in [0.25, 0.3) is 0 Å². The normalized spacial score (nSPS) is 11.5. The van der Waals surface area contributed by atoms with E-state index in [9.17, 15) is 4.79 Å². The van der Waals surface area contributed by atoms with E-state index in [1.165, 1.54) is 0 Å². The zero-order chi connectivity index (χ0) is 12.1. The minimum absolute atomic E-state index is 0.272. The van der Waals surface area contributed by atoms with E-state index in [4.69, 9.17) is 9.47 Å². The molecule has 0 amide bonds. The Morgan fingerprint density at radius 1 is 1.38 bits per heavy atom. The molecule has 0 N–H and O–H groups in total. The van der Waals surface area contributed by atoms with Gasteiger partial charge in [-0.15, -0.1) is 0 Å². The number of ether oxygens (including phenoxy) is 2. The highest BCUT2D eigenvalue weighted by atomic mass is 79.9. The van der Waals surface area contributed by atoms with Crippen LogP contribution in [-0.2, 0) is 4.79 Å². The fourth-order valence-electron chi connectivity index (χ4n) is 1.38. The average Bonchev–Trinajstić information content (AvgIpc) is 2.28. The van der Waals surface area contributed by atoms with E-state index in [0.717, 1.165) is 10.0 Å². The van der Waals surface area contributed by atoms with Crippen LogP contribution in [0.1, 0.15) is 18.5 Å². The molecule has 16 heavy (non-hydrogen) atoms. The fraction of sp³-hybridized carbons (Fsp3) is 0.364. The van der Waals surface area contributed by atoms with Gasteiger partial charge < -0.3 is 9.47 Å². The molecule has 1 rings (SSSR count). The molecule has 4 nitrogen and oxygen atoms in total. The van der Waals surface area contributed by atoms with Crippen molar-refractivity contribution < 1.29 is 14.3 Å². The molecule has 0 bridgehead atoms. The molecule has 1 aromatic carbocycles. The van der Waals surface area contributed by atoms with Gasteiger partial charge in [-0.25, -0.2) is 4.79 Å². The van der Waals surface area contributed by atoms with Crippen LogP contribution in [0.15, 0.2) is 21.6 Å². The van der Waals surface area contributed by atoms with Gasteiger partial charge in [0.1, 0.15) is 0 Å². The molecule has 5 heteroatoms. The Hall–Kier alpha value is -1.32. The predicted molar refractivity (Wildman–Crippen MR) is 63.8 cm³/mol. The van der Waals surface area contributed by atoms with Crippen LogP contribution in [-0.4, -0.2) is 20.3 Å². The third-order valence-electron chi connectivity index (χ3n) is 2.21. The molecule has 1 unspecified atom stereocenters. The molecule has 0 aliphatic rings. The number of carbonyl (C=O) groups excluding carboxylic acids is 1. The molecular formula is C11H12BrNO3. The van der Waals surface area contributed by atoms with Gasteiger partial charge in [0.25, 0.3) is 0 Å². The van der Waals surface area contributed by atoms with Gasteiger partial charge in [-0.2, -0.15) is 4.99 Å². The van der Waals surface area contributed by atoms with Crippen LogP contribution in [0.2, 0.25) is 0 Å². The number of rotatable bonds is 4. The molecule has 1 aromatic rings. The van der Waals surface area contributed by atoms with Crippen molar-refractivity contribution in [2.45, 2.75) is 13.0 Å². The topological polar surface area (TPSA) is 47.9 Å². The Balaban J connectivity index is 3.28. The first-order chi connectivity index (χ1) is 7.65. The van der Waals surface area contributed by atoms with Crippen LogP contribution < -0.4 is 9.47 Å². The standard InChI is InChI=1S/C11H12BrNO3/c1-7(13-6-14)8-4-5-9(15-2)11(16-3)10(8)12/h4-5,7H,1-3H3. The van der Waals surface area contributed by atoms with Crippen LogP contribution >= 0.6 is 15.9 Å². The van der Waals surface area contributed by atoms with Gasteiger partial charge in [0.15, 0.2) is 11.5 Å². The van der Waals surface area contributed by atoms with E-state index >= 15 is 0 Å². The minimum Gasteiger partial charge on any atom is -0.493 e. The third kappa shape index (κ3) is 2.43. The highest BCUT2D eigenvalue weighted by molar-refractivity contribution is 9.10. The van der Waals surface area contributed by atoms with Gasteiger partial charge in [-0.1, -0.05) is 6.07 Å². The van der Waals surface area contributed by atoms with E-state index in [0.29, 0.717) is 11.5 Å². The summed E-state index contributed by atoms with van der Waals surface area (Å²) in [7, 11) is 3.12. The lowest BCUT2D eigenvalue weighted by molar-refractivity contribution is 0.352. The summed E-state index contributed by atoms with van der Waals surface area (Å²) < 4.78 is 11.1. The molecule has 0 heterocycles. The van der Waals surface area contributed by atoms with Crippen molar-refractivity contribution in [3.63, 3.8) is 0 Å². The van der Waals surface area contributed by atoms with Gasteiger partial charge >= 0.3 is 0 Å². The number of isocyanates is 1. The monoisotopic (exact) mass is 285 g/mol. The number of nitrogens with zero attached hydrogens (tertiary/aromatic N) is 1. The molecule has 86 valence electrons. The van der Waals surface area contributed by atoms with Gasteiger partial charge in [-0.05, 0) is 34.5 Å². The minimum atomic E-state index is -0.272. The molecule has 0 aromatic heterocycles. The Kier molecular flexibility index (Phi) is 4.52. The Bertz CT molecular complexity index is 427. The quantitative estimate of drug-likeness (QED) is 0.631. The maximum absolute atomic E-state index is 10.2. The number of benzene rings is 1. The summed E-state index contributed by atoms with van der Waals surface area (Å²) >= 11 is 3.41. The first kappa shape index (κ1) is 12.7. The van der Waals surface area contributed by atoms with Crippen molar-refractivity contribution in [2.24, 2.45) is 4.99 Å². The SMILES string of the molecule is COc1ccc(C(C)N=C=O)c(Br)c1OC.